The number of para-hydroxylation sites is 1. The minimum Gasteiger partial charge on any atom is -0.317 e. The Labute approximate surface area is 196 Å². The van der Waals surface area contributed by atoms with Crippen LogP contribution in [-0.4, -0.2) is 41.9 Å². The predicted octanol–water partition coefficient (Wildman–Crippen LogP) is 4.45. The molecule has 1 aliphatic heterocycles. The number of carbonyl (C=O) groups excluding carboxylic acids is 1. The van der Waals surface area contributed by atoms with Crippen molar-refractivity contribution in [3.05, 3.63) is 69.9 Å². The third-order valence-electron chi connectivity index (χ3n) is 5.66. The molecule has 0 atom stereocenters. The number of sulfonamides is 1. The molecule has 0 aliphatic carbocycles. The lowest BCUT2D eigenvalue weighted by Crippen LogP contribution is -2.37. The number of halogens is 1. The molecule has 1 fully saturated rings. The molecule has 1 aliphatic rings. The number of amides is 1. The van der Waals surface area contributed by atoms with Crippen molar-refractivity contribution >= 4 is 33.0 Å². The zero-order chi connectivity index (χ0) is 23.4. The Morgan fingerprint density at radius 3 is 2.48 bits per heavy atom. The van der Waals surface area contributed by atoms with Crippen LogP contribution < -0.4 is 5.32 Å². The molecule has 0 radical (unpaired) electrons. The molecule has 3 aromatic rings. The van der Waals surface area contributed by atoms with Crippen molar-refractivity contribution in [2.75, 3.05) is 18.4 Å². The molecule has 1 aromatic heterocycles. The Morgan fingerprint density at radius 1 is 1.12 bits per heavy atom. The van der Waals surface area contributed by atoms with Crippen LogP contribution in [0.3, 0.4) is 0 Å². The lowest BCUT2D eigenvalue weighted by molar-refractivity contribution is 0.102. The number of piperidine rings is 1. The van der Waals surface area contributed by atoms with Gasteiger partial charge in [-0.05, 0) is 49.1 Å². The summed E-state index contributed by atoms with van der Waals surface area (Å²) in [7, 11) is -3.55. The highest BCUT2D eigenvalue weighted by Crippen LogP contribution is 2.32. The minimum absolute atomic E-state index is 0.0240. The fourth-order valence-corrected chi connectivity index (χ4v) is 6.22. The molecule has 2 aromatic carbocycles. The summed E-state index contributed by atoms with van der Waals surface area (Å²) in [5, 5.41) is 11.4. The second-order valence-corrected chi connectivity index (χ2v) is 10.9. The van der Waals surface area contributed by atoms with E-state index in [-0.39, 0.29) is 16.6 Å². The van der Waals surface area contributed by atoms with Gasteiger partial charge in [-0.15, -0.1) is 10.2 Å². The normalized spacial score (nSPS) is 15.5. The monoisotopic (exact) mass is 488 g/mol. The topological polar surface area (TPSA) is 92.3 Å². The third kappa shape index (κ3) is 5.29. The number of rotatable bonds is 7. The number of hydrogen-bond donors (Lipinski definition) is 1. The Kier molecular flexibility index (Phi) is 7.16. The lowest BCUT2D eigenvalue weighted by atomic mass is 9.99. The molecule has 4 rings (SSSR count). The summed E-state index contributed by atoms with van der Waals surface area (Å²) in [5.41, 5.74) is 1.21. The Morgan fingerprint density at radius 2 is 1.82 bits per heavy atom. The van der Waals surface area contributed by atoms with Crippen LogP contribution in [-0.2, 0) is 16.4 Å². The molecule has 1 amide bonds. The van der Waals surface area contributed by atoms with E-state index >= 15 is 0 Å². The van der Waals surface area contributed by atoms with Gasteiger partial charge in [0, 0.05) is 19.0 Å². The van der Waals surface area contributed by atoms with E-state index in [1.807, 2.05) is 12.1 Å². The van der Waals surface area contributed by atoms with Gasteiger partial charge < -0.3 is 5.32 Å². The molecular weight excluding hydrogens is 463 g/mol. The first-order valence-corrected chi connectivity index (χ1v) is 13.1. The number of carbonyl (C=O) groups is 1. The predicted molar refractivity (Wildman–Crippen MR) is 125 cm³/mol. The van der Waals surface area contributed by atoms with Gasteiger partial charge in [0.15, 0.2) is 0 Å². The average molecular weight is 489 g/mol. The summed E-state index contributed by atoms with van der Waals surface area (Å²) < 4.78 is 41.3. The van der Waals surface area contributed by atoms with Gasteiger partial charge >= 0.3 is 0 Å². The Balaban J connectivity index is 1.37. The highest BCUT2D eigenvalue weighted by Gasteiger charge is 2.31. The maximum absolute atomic E-state index is 13.8. The van der Waals surface area contributed by atoms with Crippen molar-refractivity contribution < 1.29 is 17.6 Å². The van der Waals surface area contributed by atoms with Gasteiger partial charge in [0.05, 0.1) is 10.6 Å². The number of nitrogens with zero attached hydrogens (tertiary/aromatic N) is 3. The third-order valence-corrected chi connectivity index (χ3v) is 8.66. The van der Waals surface area contributed by atoms with Crippen molar-refractivity contribution in [2.45, 2.75) is 43.4 Å². The van der Waals surface area contributed by atoms with Crippen molar-refractivity contribution in [3.63, 3.8) is 0 Å². The molecule has 10 heteroatoms. The zero-order valence-electron chi connectivity index (χ0n) is 18.2. The fraction of sp³-hybridized carbons (Fsp3) is 0.348. The number of aromatic nitrogens is 2. The zero-order valence-corrected chi connectivity index (χ0v) is 19.8. The van der Waals surface area contributed by atoms with Gasteiger partial charge in [-0.1, -0.05) is 48.9 Å². The fourth-order valence-electron chi connectivity index (χ4n) is 3.84. The number of nitrogens with one attached hydrogen (secondary N) is 1. The van der Waals surface area contributed by atoms with Gasteiger partial charge in [0.1, 0.15) is 10.8 Å². The standard InChI is InChI=1S/C23H25FN4O3S2/c1-2-5-16-8-10-18(11-9-16)33(30,31)28-14-12-17(13-15-28)22-26-27-23(32-22)21(29)25-20-7-4-3-6-19(20)24/h3-4,6-11,17H,2,5,12-15H2,1H3,(H,25,29). The number of aryl methyl sites for hydroxylation is 1. The maximum Gasteiger partial charge on any atom is 0.286 e. The summed E-state index contributed by atoms with van der Waals surface area (Å²) in [6.07, 6.45) is 3.12. The van der Waals surface area contributed by atoms with Crippen molar-refractivity contribution in [1.82, 2.24) is 14.5 Å². The molecule has 174 valence electrons. The molecule has 2 heterocycles. The smallest absolute Gasteiger partial charge is 0.286 e. The van der Waals surface area contributed by atoms with E-state index in [9.17, 15) is 17.6 Å². The summed E-state index contributed by atoms with van der Waals surface area (Å²) in [5.74, 6) is -1.02. The number of hydrogen-bond acceptors (Lipinski definition) is 6. The van der Waals surface area contributed by atoms with Crippen LogP contribution >= 0.6 is 11.3 Å². The molecule has 33 heavy (non-hydrogen) atoms. The van der Waals surface area contributed by atoms with Crippen LogP contribution in [0.15, 0.2) is 53.4 Å². The Bertz CT molecular complexity index is 1220. The summed E-state index contributed by atoms with van der Waals surface area (Å²) in [4.78, 5) is 12.7. The van der Waals surface area contributed by atoms with Gasteiger partial charge in [-0.25, -0.2) is 12.8 Å². The van der Waals surface area contributed by atoms with Crippen LogP contribution in [0.25, 0.3) is 0 Å². The Hall–Kier alpha value is -2.69. The molecule has 1 saturated heterocycles. The van der Waals surface area contributed by atoms with Crippen molar-refractivity contribution in [3.8, 4) is 0 Å². The second kappa shape index (κ2) is 10.1. The van der Waals surface area contributed by atoms with Gasteiger partial charge in [0.25, 0.3) is 5.91 Å². The van der Waals surface area contributed by atoms with E-state index < -0.39 is 21.7 Å². The maximum atomic E-state index is 13.8. The van der Waals surface area contributed by atoms with Crippen molar-refractivity contribution in [1.29, 1.82) is 0 Å². The van der Waals surface area contributed by atoms with Crippen LogP contribution in [0, 0.1) is 5.82 Å². The van der Waals surface area contributed by atoms with Crippen LogP contribution in [0.1, 0.15) is 52.5 Å². The average Bonchev–Trinajstić information content (AvgIpc) is 3.32. The van der Waals surface area contributed by atoms with E-state index in [0.717, 1.165) is 29.7 Å². The van der Waals surface area contributed by atoms with Crippen LogP contribution in [0.5, 0.6) is 0 Å². The van der Waals surface area contributed by atoms with Gasteiger partial charge in [0.2, 0.25) is 15.0 Å². The van der Waals surface area contributed by atoms with Gasteiger partial charge in [-0.2, -0.15) is 4.31 Å². The van der Waals surface area contributed by atoms with E-state index in [4.69, 9.17) is 0 Å². The molecule has 0 spiro atoms. The minimum atomic E-state index is -3.55. The van der Waals surface area contributed by atoms with Crippen LogP contribution in [0.4, 0.5) is 10.1 Å². The lowest BCUT2D eigenvalue weighted by Gasteiger charge is -2.30. The number of benzene rings is 2. The highest BCUT2D eigenvalue weighted by molar-refractivity contribution is 7.89. The largest absolute Gasteiger partial charge is 0.317 e. The van der Waals surface area contributed by atoms with E-state index in [1.165, 1.54) is 16.4 Å². The highest BCUT2D eigenvalue weighted by atomic mass is 32.2. The first kappa shape index (κ1) is 23.5. The molecule has 0 unspecified atom stereocenters. The SMILES string of the molecule is CCCc1ccc(S(=O)(=O)N2CCC(c3nnc(C(=O)Nc4ccccc4F)s3)CC2)cc1. The molecular formula is C23H25FN4O3S2. The molecule has 0 saturated carbocycles. The van der Waals surface area contributed by atoms with Crippen LogP contribution in [0.2, 0.25) is 0 Å². The molecule has 7 nitrogen and oxygen atoms in total. The quantitative estimate of drug-likeness (QED) is 0.530. The summed E-state index contributed by atoms with van der Waals surface area (Å²) in [6, 6.07) is 13.0. The summed E-state index contributed by atoms with van der Waals surface area (Å²) >= 11 is 1.16. The van der Waals surface area contributed by atoms with E-state index in [0.29, 0.717) is 35.8 Å². The van der Waals surface area contributed by atoms with Gasteiger partial charge in [-0.3, -0.25) is 4.79 Å². The first-order valence-electron chi connectivity index (χ1n) is 10.9. The van der Waals surface area contributed by atoms with Crippen molar-refractivity contribution in [2.24, 2.45) is 0 Å². The molecule has 0 bridgehead atoms. The van der Waals surface area contributed by atoms with E-state index in [2.05, 4.69) is 22.4 Å². The number of anilines is 1. The molecule has 1 N–H and O–H groups in total. The van der Waals surface area contributed by atoms with E-state index in [1.54, 1.807) is 24.3 Å². The first-order chi connectivity index (χ1) is 15.9. The summed E-state index contributed by atoms with van der Waals surface area (Å²) in [6.45, 7) is 2.84. The second-order valence-electron chi connectivity index (χ2n) is 7.95.